The van der Waals surface area contributed by atoms with Crippen LogP contribution in [0.1, 0.15) is 23.7 Å². The Hall–Kier alpha value is -5.93. The van der Waals surface area contributed by atoms with Crippen molar-refractivity contribution in [2.75, 3.05) is 0 Å². The number of hydrogen-bond donors (Lipinski definition) is 0. The van der Waals surface area contributed by atoms with Crippen LogP contribution in [0.2, 0.25) is 0 Å². The summed E-state index contributed by atoms with van der Waals surface area (Å²) in [7, 11) is 0. The lowest BCUT2D eigenvalue weighted by atomic mass is 9.87. The van der Waals surface area contributed by atoms with Crippen molar-refractivity contribution in [3.8, 4) is 44.8 Å². The molecule has 0 fully saturated rings. The molecule has 0 radical (unpaired) electrons. The third-order valence-corrected chi connectivity index (χ3v) is 8.77. The molecule has 7 aromatic rings. The first-order valence-electron chi connectivity index (χ1n) is 15.7. The molecular formula is C43H31N3. The molecular weight excluding hydrogens is 558 g/mol. The lowest BCUT2D eigenvalue weighted by molar-refractivity contribution is 0.862. The second kappa shape index (κ2) is 12.2. The number of rotatable bonds is 6. The van der Waals surface area contributed by atoms with Crippen molar-refractivity contribution >= 4 is 16.3 Å². The van der Waals surface area contributed by atoms with Crippen LogP contribution in [0.5, 0.6) is 0 Å². The maximum atomic E-state index is 5.13. The number of benzene rings is 5. The van der Waals surface area contributed by atoms with Gasteiger partial charge >= 0.3 is 0 Å². The van der Waals surface area contributed by atoms with Crippen molar-refractivity contribution in [3.05, 3.63) is 182 Å². The lowest BCUT2D eigenvalue weighted by Crippen LogP contribution is -2.03. The molecule has 0 saturated carbocycles. The van der Waals surface area contributed by atoms with Crippen LogP contribution < -0.4 is 0 Å². The molecule has 1 atom stereocenters. The zero-order chi connectivity index (χ0) is 30.7. The van der Waals surface area contributed by atoms with E-state index in [4.69, 9.17) is 9.97 Å². The third-order valence-electron chi connectivity index (χ3n) is 8.77. The van der Waals surface area contributed by atoms with E-state index in [9.17, 15) is 0 Å². The van der Waals surface area contributed by atoms with Gasteiger partial charge in [-0.25, -0.2) is 9.97 Å². The van der Waals surface area contributed by atoms with E-state index in [1.165, 1.54) is 27.5 Å². The van der Waals surface area contributed by atoms with Gasteiger partial charge in [-0.2, -0.15) is 0 Å². The standard InChI is InChI=1S/C43H31N3/c1-2-8-30(9-3-1)31-15-21-35(22-16-31)41-28-42(36-23-17-32(18-24-36)38-12-7-27-44-29-38)46-43(45-41)37-25-19-34(20-26-37)40-14-6-11-33-10-4-5-13-39(33)40/h1-19,21-29,34H,20H2. The highest BCUT2D eigenvalue weighted by Crippen LogP contribution is 2.35. The quantitative estimate of drug-likeness (QED) is 0.194. The van der Waals surface area contributed by atoms with Gasteiger partial charge in [0.05, 0.1) is 11.4 Å². The zero-order valence-electron chi connectivity index (χ0n) is 25.3. The summed E-state index contributed by atoms with van der Waals surface area (Å²) in [6.45, 7) is 0. The van der Waals surface area contributed by atoms with Gasteiger partial charge < -0.3 is 0 Å². The molecule has 46 heavy (non-hydrogen) atoms. The minimum atomic E-state index is 0.308. The van der Waals surface area contributed by atoms with E-state index < -0.39 is 0 Å². The van der Waals surface area contributed by atoms with Gasteiger partial charge in [0, 0.05) is 35.0 Å². The Kier molecular flexibility index (Phi) is 7.33. The summed E-state index contributed by atoms with van der Waals surface area (Å²) in [6, 6.07) is 49.0. The fraction of sp³-hybridized carbons (Fsp3) is 0.0465. The number of nitrogens with zero attached hydrogens (tertiary/aromatic N) is 3. The fourth-order valence-electron chi connectivity index (χ4n) is 6.29. The molecule has 1 aliphatic rings. The Morgan fingerprint density at radius 3 is 1.80 bits per heavy atom. The van der Waals surface area contributed by atoms with Crippen LogP contribution in [0.25, 0.3) is 61.1 Å². The lowest BCUT2D eigenvalue weighted by Gasteiger charge is -2.19. The van der Waals surface area contributed by atoms with Crippen molar-refractivity contribution in [1.29, 1.82) is 0 Å². The Morgan fingerprint density at radius 1 is 0.522 bits per heavy atom. The number of fused-ring (bicyclic) bond motifs is 1. The van der Waals surface area contributed by atoms with Crippen LogP contribution in [0, 0.1) is 0 Å². The predicted molar refractivity (Wildman–Crippen MR) is 190 cm³/mol. The molecule has 5 aromatic carbocycles. The van der Waals surface area contributed by atoms with E-state index >= 15 is 0 Å². The van der Waals surface area contributed by atoms with E-state index in [1.54, 1.807) is 6.20 Å². The highest BCUT2D eigenvalue weighted by molar-refractivity contribution is 5.87. The average molecular weight is 590 g/mol. The van der Waals surface area contributed by atoms with Crippen LogP contribution in [0.4, 0.5) is 0 Å². The molecule has 1 aliphatic carbocycles. The molecule has 0 bridgehead atoms. The highest BCUT2D eigenvalue weighted by Gasteiger charge is 2.17. The Balaban J connectivity index is 1.16. The van der Waals surface area contributed by atoms with Crippen molar-refractivity contribution in [1.82, 2.24) is 15.0 Å². The van der Waals surface area contributed by atoms with Gasteiger partial charge in [0.1, 0.15) is 0 Å². The van der Waals surface area contributed by atoms with E-state index in [0.717, 1.165) is 51.5 Å². The maximum absolute atomic E-state index is 5.13. The normalized spacial score (nSPS) is 14.3. The summed E-state index contributed by atoms with van der Waals surface area (Å²) in [5.74, 6) is 1.05. The fourth-order valence-corrected chi connectivity index (χ4v) is 6.29. The molecule has 3 nitrogen and oxygen atoms in total. The van der Waals surface area contributed by atoms with Gasteiger partial charge in [-0.1, -0.05) is 146 Å². The summed E-state index contributed by atoms with van der Waals surface area (Å²) < 4.78 is 0. The average Bonchev–Trinajstić information content (AvgIpc) is 3.15. The minimum absolute atomic E-state index is 0.308. The Labute approximate surface area is 269 Å². The summed E-state index contributed by atoms with van der Waals surface area (Å²) in [4.78, 5) is 14.5. The number of hydrogen-bond acceptors (Lipinski definition) is 3. The summed E-state index contributed by atoms with van der Waals surface area (Å²) >= 11 is 0. The number of allylic oxidation sites excluding steroid dienone is 4. The first-order chi connectivity index (χ1) is 22.8. The van der Waals surface area contributed by atoms with Crippen molar-refractivity contribution in [2.45, 2.75) is 12.3 Å². The summed E-state index contributed by atoms with van der Waals surface area (Å²) in [5, 5.41) is 2.59. The Bertz CT molecular complexity index is 2090. The van der Waals surface area contributed by atoms with Gasteiger partial charge in [-0.15, -0.1) is 0 Å². The van der Waals surface area contributed by atoms with Crippen LogP contribution in [0.15, 0.2) is 170 Å². The second-order valence-corrected chi connectivity index (χ2v) is 11.7. The molecule has 218 valence electrons. The van der Waals surface area contributed by atoms with Crippen LogP contribution >= 0.6 is 0 Å². The second-order valence-electron chi connectivity index (χ2n) is 11.7. The molecule has 0 amide bonds. The van der Waals surface area contributed by atoms with Gasteiger partial charge in [0.25, 0.3) is 0 Å². The SMILES string of the molecule is C1=CC(c2cccc3ccccc23)CC=C1c1nc(-c2ccc(-c3ccccc3)cc2)cc(-c2ccc(-c3cccnc3)cc2)n1. The molecule has 8 rings (SSSR count). The van der Waals surface area contributed by atoms with Gasteiger partial charge in [0.2, 0.25) is 0 Å². The topological polar surface area (TPSA) is 38.7 Å². The zero-order valence-corrected chi connectivity index (χ0v) is 25.3. The molecule has 0 N–H and O–H groups in total. The number of pyridine rings is 1. The number of aromatic nitrogens is 3. The summed E-state index contributed by atoms with van der Waals surface area (Å²) in [6.07, 6.45) is 11.4. The van der Waals surface area contributed by atoms with E-state index in [2.05, 4.69) is 151 Å². The van der Waals surface area contributed by atoms with Crippen LogP contribution in [-0.2, 0) is 0 Å². The van der Waals surface area contributed by atoms with Gasteiger partial charge in [0.15, 0.2) is 5.82 Å². The monoisotopic (exact) mass is 589 g/mol. The molecule has 0 spiro atoms. The largest absolute Gasteiger partial charge is 0.264 e. The van der Waals surface area contributed by atoms with Crippen molar-refractivity contribution in [3.63, 3.8) is 0 Å². The molecule has 2 aromatic heterocycles. The van der Waals surface area contributed by atoms with E-state index in [0.29, 0.717) is 5.92 Å². The molecule has 0 saturated heterocycles. The molecule has 2 heterocycles. The van der Waals surface area contributed by atoms with Crippen LogP contribution in [0.3, 0.4) is 0 Å². The van der Waals surface area contributed by atoms with E-state index in [-0.39, 0.29) is 0 Å². The highest BCUT2D eigenvalue weighted by atomic mass is 14.9. The van der Waals surface area contributed by atoms with E-state index in [1.807, 2.05) is 18.3 Å². The van der Waals surface area contributed by atoms with Crippen LogP contribution in [-0.4, -0.2) is 15.0 Å². The van der Waals surface area contributed by atoms with Gasteiger partial charge in [-0.05, 0) is 57.1 Å². The third kappa shape index (κ3) is 5.55. The summed E-state index contributed by atoms with van der Waals surface area (Å²) in [5.41, 5.74) is 10.9. The molecule has 0 aliphatic heterocycles. The van der Waals surface area contributed by atoms with Gasteiger partial charge in [-0.3, -0.25) is 4.98 Å². The first-order valence-corrected chi connectivity index (χ1v) is 15.7. The van der Waals surface area contributed by atoms with Crippen molar-refractivity contribution < 1.29 is 0 Å². The van der Waals surface area contributed by atoms with Crippen molar-refractivity contribution in [2.24, 2.45) is 0 Å². The molecule has 3 heteroatoms. The smallest absolute Gasteiger partial charge is 0.160 e. The predicted octanol–water partition coefficient (Wildman–Crippen LogP) is 10.8. The molecule has 1 unspecified atom stereocenters. The Morgan fingerprint density at radius 2 is 1.13 bits per heavy atom. The maximum Gasteiger partial charge on any atom is 0.160 e. The first kappa shape index (κ1) is 27.6. The minimum Gasteiger partial charge on any atom is -0.264 e.